The first-order valence-corrected chi connectivity index (χ1v) is 11.0. The molecule has 1 aliphatic rings. The van der Waals surface area contributed by atoms with Gasteiger partial charge in [-0.2, -0.15) is 0 Å². The third kappa shape index (κ3) is 4.13. The van der Waals surface area contributed by atoms with E-state index in [-0.39, 0.29) is 36.4 Å². The van der Waals surface area contributed by atoms with Gasteiger partial charge >= 0.3 is 0 Å². The second kappa shape index (κ2) is 7.59. The van der Waals surface area contributed by atoms with Crippen LogP contribution in [0.2, 0.25) is 0 Å². The fraction of sp³-hybridized carbons (Fsp3) is 0.333. The minimum Gasteiger partial charge on any atom is -0.340 e. The normalized spacial score (nSPS) is 17.5. The number of nitrogens with zero attached hydrogens (tertiary/aromatic N) is 1. The molecule has 1 aromatic carbocycles. The van der Waals surface area contributed by atoms with Crippen molar-refractivity contribution in [2.75, 3.05) is 24.6 Å². The standard InChI is InChI=1S/C18H20N2O4S2/c1-13(18(22)20-8-11-26(23,24)12-9-20)19-17(21)16-15(7-10-25-16)14-5-3-2-4-6-14/h2-7,10,13H,8-9,11-12H2,1H3,(H,19,21). The van der Waals surface area contributed by atoms with Gasteiger partial charge in [0.1, 0.15) is 6.04 Å². The second-order valence-electron chi connectivity index (χ2n) is 6.20. The molecule has 1 atom stereocenters. The predicted octanol–water partition coefficient (Wildman–Crippen LogP) is 1.79. The Morgan fingerprint density at radius 2 is 1.77 bits per heavy atom. The van der Waals surface area contributed by atoms with Gasteiger partial charge in [-0.15, -0.1) is 11.3 Å². The summed E-state index contributed by atoms with van der Waals surface area (Å²) in [4.78, 5) is 27.2. The highest BCUT2D eigenvalue weighted by Gasteiger charge is 2.29. The molecule has 0 saturated carbocycles. The van der Waals surface area contributed by atoms with E-state index >= 15 is 0 Å². The maximum Gasteiger partial charge on any atom is 0.262 e. The number of thiophene rings is 1. The zero-order valence-corrected chi connectivity index (χ0v) is 16.0. The summed E-state index contributed by atoms with van der Waals surface area (Å²) < 4.78 is 23.0. The van der Waals surface area contributed by atoms with Crippen LogP contribution in [0.3, 0.4) is 0 Å². The molecule has 2 amide bonds. The number of nitrogens with one attached hydrogen (secondary N) is 1. The molecule has 138 valence electrons. The maximum atomic E-state index is 12.6. The molecule has 0 spiro atoms. The quantitative estimate of drug-likeness (QED) is 0.860. The van der Waals surface area contributed by atoms with Crippen LogP contribution in [0.15, 0.2) is 41.8 Å². The van der Waals surface area contributed by atoms with Crippen molar-refractivity contribution in [3.63, 3.8) is 0 Å². The van der Waals surface area contributed by atoms with Gasteiger partial charge in [0, 0.05) is 18.7 Å². The molecule has 0 radical (unpaired) electrons. The smallest absolute Gasteiger partial charge is 0.262 e. The Kier molecular flexibility index (Phi) is 5.43. The molecular weight excluding hydrogens is 372 g/mol. The number of hydrogen-bond donors (Lipinski definition) is 1. The molecule has 6 nitrogen and oxygen atoms in total. The lowest BCUT2D eigenvalue weighted by Crippen LogP contribution is -2.51. The SMILES string of the molecule is CC(NC(=O)c1sccc1-c1ccccc1)C(=O)N1CCS(=O)(=O)CC1. The molecule has 1 aliphatic heterocycles. The van der Waals surface area contributed by atoms with Gasteiger partial charge in [-0.1, -0.05) is 30.3 Å². The van der Waals surface area contributed by atoms with Crippen LogP contribution in [-0.4, -0.2) is 55.8 Å². The van der Waals surface area contributed by atoms with Crippen LogP contribution in [0.1, 0.15) is 16.6 Å². The van der Waals surface area contributed by atoms with Crippen molar-refractivity contribution in [2.24, 2.45) is 0 Å². The highest BCUT2D eigenvalue weighted by molar-refractivity contribution is 7.91. The first-order chi connectivity index (χ1) is 12.4. The first kappa shape index (κ1) is 18.6. The van der Waals surface area contributed by atoms with Crippen LogP contribution in [0, 0.1) is 0 Å². The Morgan fingerprint density at radius 3 is 2.42 bits per heavy atom. The maximum absolute atomic E-state index is 12.6. The summed E-state index contributed by atoms with van der Waals surface area (Å²) in [6, 6.07) is 10.8. The van der Waals surface area contributed by atoms with Gasteiger partial charge in [0.2, 0.25) is 5.91 Å². The topological polar surface area (TPSA) is 83.6 Å². The van der Waals surface area contributed by atoms with E-state index in [9.17, 15) is 18.0 Å². The minimum atomic E-state index is -3.05. The number of benzene rings is 1. The van der Waals surface area contributed by atoms with Crippen molar-refractivity contribution in [3.05, 3.63) is 46.7 Å². The van der Waals surface area contributed by atoms with E-state index < -0.39 is 15.9 Å². The molecule has 0 aliphatic carbocycles. The van der Waals surface area contributed by atoms with E-state index in [2.05, 4.69) is 5.32 Å². The summed E-state index contributed by atoms with van der Waals surface area (Å²) in [7, 11) is -3.05. The lowest BCUT2D eigenvalue weighted by Gasteiger charge is -2.29. The largest absolute Gasteiger partial charge is 0.340 e. The Labute approximate surface area is 156 Å². The van der Waals surface area contributed by atoms with Crippen LogP contribution >= 0.6 is 11.3 Å². The molecule has 1 N–H and O–H groups in total. The van der Waals surface area contributed by atoms with E-state index in [4.69, 9.17) is 0 Å². The molecule has 1 fully saturated rings. The molecule has 3 rings (SSSR count). The Hall–Kier alpha value is -2.19. The van der Waals surface area contributed by atoms with Crippen molar-refractivity contribution in [1.29, 1.82) is 0 Å². The van der Waals surface area contributed by atoms with E-state index in [1.54, 1.807) is 6.92 Å². The fourth-order valence-corrected chi connectivity index (χ4v) is 4.88. The van der Waals surface area contributed by atoms with Crippen molar-refractivity contribution in [1.82, 2.24) is 10.2 Å². The summed E-state index contributed by atoms with van der Waals surface area (Å²) >= 11 is 1.33. The van der Waals surface area contributed by atoms with Gasteiger partial charge in [0.15, 0.2) is 9.84 Å². The zero-order valence-electron chi connectivity index (χ0n) is 14.3. The zero-order chi connectivity index (χ0) is 18.7. The highest BCUT2D eigenvalue weighted by atomic mass is 32.2. The molecule has 0 bridgehead atoms. The number of hydrogen-bond acceptors (Lipinski definition) is 5. The number of carbonyl (C=O) groups is 2. The van der Waals surface area contributed by atoms with E-state index in [0.717, 1.165) is 11.1 Å². The van der Waals surface area contributed by atoms with Gasteiger partial charge in [-0.3, -0.25) is 9.59 Å². The van der Waals surface area contributed by atoms with Gasteiger partial charge in [-0.05, 0) is 23.9 Å². The average molecular weight is 393 g/mol. The van der Waals surface area contributed by atoms with Crippen molar-refractivity contribution >= 4 is 33.0 Å². The van der Waals surface area contributed by atoms with Crippen LogP contribution in [-0.2, 0) is 14.6 Å². The van der Waals surface area contributed by atoms with E-state index in [1.807, 2.05) is 41.8 Å². The molecule has 2 heterocycles. The number of amides is 2. The van der Waals surface area contributed by atoms with Crippen molar-refractivity contribution in [3.8, 4) is 11.1 Å². The van der Waals surface area contributed by atoms with E-state index in [1.165, 1.54) is 16.2 Å². The Morgan fingerprint density at radius 1 is 1.12 bits per heavy atom. The number of sulfone groups is 1. The number of carbonyl (C=O) groups excluding carboxylic acids is 2. The summed E-state index contributed by atoms with van der Waals surface area (Å²) in [6.45, 7) is 1.98. The first-order valence-electron chi connectivity index (χ1n) is 8.30. The minimum absolute atomic E-state index is 0.0253. The Balaban J connectivity index is 1.67. The summed E-state index contributed by atoms with van der Waals surface area (Å²) in [5, 5.41) is 4.59. The lowest BCUT2D eigenvalue weighted by molar-refractivity contribution is -0.132. The summed E-state index contributed by atoms with van der Waals surface area (Å²) in [5.41, 5.74) is 1.77. The predicted molar refractivity (Wildman–Crippen MR) is 102 cm³/mol. The average Bonchev–Trinajstić information content (AvgIpc) is 3.11. The van der Waals surface area contributed by atoms with Crippen LogP contribution in [0.5, 0.6) is 0 Å². The summed E-state index contributed by atoms with van der Waals surface area (Å²) in [5.74, 6) is -0.610. The third-order valence-electron chi connectivity index (χ3n) is 4.33. The van der Waals surface area contributed by atoms with Gasteiger partial charge in [0.25, 0.3) is 5.91 Å². The van der Waals surface area contributed by atoms with Gasteiger partial charge in [0.05, 0.1) is 16.4 Å². The molecule has 1 saturated heterocycles. The fourth-order valence-electron chi connectivity index (χ4n) is 2.86. The van der Waals surface area contributed by atoms with Crippen molar-refractivity contribution < 1.29 is 18.0 Å². The third-order valence-corrected chi connectivity index (χ3v) is 6.85. The summed E-state index contributed by atoms with van der Waals surface area (Å²) in [6.07, 6.45) is 0. The molecule has 26 heavy (non-hydrogen) atoms. The highest BCUT2D eigenvalue weighted by Crippen LogP contribution is 2.28. The van der Waals surface area contributed by atoms with Gasteiger partial charge < -0.3 is 10.2 Å². The molecule has 8 heteroatoms. The van der Waals surface area contributed by atoms with Crippen molar-refractivity contribution in [2.45, 2.75) is 13.0 Å². The van der Waals surface area contributed by atoms with Crippen LogP contribution in [0.4, 0.5) is 0 Å². The molecule has 1 unspecified atom stereocenters. The monoisotopic (exact) mass is 392 g/mol. The van der Waals surface area contributed by atoms with E-state index in [0.29, 0.717) is 4.88 Å². The second-order valence-corrected chi connectivity index (χ2v) is 9.42. The molecule has 1 aromatic heterocycles. The Bertz CT molecular complexity index is 892. The van der Waals surface area contributed by atoms with Crippen LogP contribution in [0.25, 0.3) is 11.1 Å². The molecular formula is C18H20N2O4S2. The lowest BCUT2D eigenvalue weighted by atomic mass is 10.1. The molecule has 2 aromatic rings. The number of rotatable bonds is 4. The van der Waals surface area contributed by atoms with Gasteiger partial charge in [-0.25, -0.2) is 8.42 Å². The van der Waals surface area contributed by atoms with Crippen LogP contribution < -0.4 is 5.32 Å².